The quantitative estimate of drug-likeness (QED) is 0.778. The molecule has 0 radical (unpaired) electrons. The largest absolute Gasteiger partial charge is 0.424 e. The number of nitrogens with zero attached hydrogens (tertiary/aromatic N) is 2. The second-order valence-electron chi connectivity index (χ2n) is 5.55. The first-order valence-corrected chi connectivity index (χ1v) is 8.73. The van der Waals surface area contributed by atoms with Gasteiger partial charge in [-0.2, -0.15) is 4.98 Å². The van der Waals surface area contributed by atoms with Crippen molar-refractivity contribution in [3.05, 3.63) is 46.7 Å². The number of morpholine rings is 1. The summed E-state index contributed by atoms with van der Waals surface area (Å²) in [5.41, 5.74) is 1.70. The maximum atomic E-state index is 5.76. The minimum atomic E-state index is 0.314. The Kier molecular flexibility index (Phi) is 4.28. The summed E-state index contributed by atoms with van der Waals surface area (Å²) >= 11 is 1.79. The molecule has 1 saturated heterocycles. The van der Waals surface area contributed by atoms with Gasteiger partial charge in [-0.3, -0.25) is 4.90 Å². The average Bonchev–Trinajstić information content (AvgIpc) is 3.25. The predicted octanol–water partition coefficient (Wildman–Crippen LogP) is 3.37. The number of rotatable bonds is 5. The van der Waals surface area contributed by atoms with Crippen LogP contribution in [0.3, 0.4) is 0 Å². The lowest BCUT2D eigenvalue weighted by atomic mass is 10.2. The number of thiophene rings is 1. The van der Waals surface area contributed by atoms with Gasteiger partial charge in [-0.25, -0.2) is 0 Å². The number of ether oxygens (including phenoxy) is 1. The first-order chi connectivity index (χ1) is 11.4. The van der Waals surface area contributed by atoms with Gasteiger partial charge in [-0.15, -0.1) is 11.3 Å². The van der Waals surface area contributed by atoms with Gasteiger partial charge in [-0.05, 0) is 23.6 Å². The van der Waals surface area contributed by atoms with Gasteiger partial charge in [0.1, 0.15) is 5.52 Å². The van der Waals surface area contributed by atoms with Crippen LogP contribution in [0.25, 0.3) is 11.1 Å². The van der Waals surface area contributed by atoms with Crippen LogP contribution in [0.1, 0.15) is 10.9 Å². The van der Waals surface area contributed by atoms with Gasteiger partial charge in [0.25, 0.3) is 6.01 Å². The molecule has 23 heavy (non-hydrogen) atoms. The molecule has 120 valence electrons. The van der Waals surface area contributed by atoms with Crippen molar-refractivity contribution >= 4 is 28.5 Å². The van der Waals surface area contributed by atoms with Gasteiger partial charge in [0, 0.05) is 24.5 Å². The fourth-order valence-electron chi connectivity index (χ4n) is 2.91. The second kappa shape index (κ2) is 6.70. The van der Waals surface area contributed by atoms with E-state index in [9.17, 15) is 0 Å². The molecular weight excluding hydrogens is 310 g/mol. The average molecular weight is 329 g/mol. The van der Waals surface area contributed by atoms with Crippen LogP contribution in [0.15, 0.2) is 46.2 Å². The Bertz CT molecular complexity index is 717. The van der Waals surface area contributed by atoms with E-state index in [2.05, 4.69) is 32.7 Å². The molecule has 1 atom stereocenters. The first-order valence-electron chi connectivity index (χ1n) is 7.85. The highest BCUT2D eigenvalue weighted by molar-refractivity contribution is 7.10. The first kappa shape index (κ1) is 14.7. The zero-order valence-corrected chi connectivity index (χ0v) is 13.6. The molecule has 5 nitrogen and oxygen atoms in total. The molecule has 3 aromatic rings. The minimum absolute atomic E-state index is 0.314. The maximum absolute atomic E-state index is 5.76. The van der Waals surface area contributed by atoms with Crippen LogP contribution in [0, 0.1) is 0 Å². The second-order valence-corrected chi connectivity index (χ2v) is 6.53. The summed E-state index contributed by atoms with van der Waals surface area (Å²) in [5.74, 6) is 0. The molecule has 0 spiro atoms. The van der Waals surface area contributed by atoms with Gasteiger partial charge in [0.2, 0.25) is 0 Å². The third-order valence-electron chi connectivity index (χ3n) is 4.10. The van der Waals surface area contributed by atoms with Gasteiger partial charge in [-0.1, -0.05) is 18.2 Å². The minimum Gasteiger partial charge on any atom is -0.424 e. The molecule has 3 heterocycles. The lowest BCUT2D eigenvalue weighted by molar-refractivity contribution is 0.0193. The Labute approximate surface area is 138 Å². The highest BCUT2D eigenvalue weighted by Gasteiger charge is 2.23. The molecule has 0 unspecified atom stereocenters. The molecule has 0 bridgehead atoms. The van der Waals surface area contributed by atoms with E-state index in [1.54, 1.807) is 11.3 Å². The Morgan fingerprint density at radius 3 is 2.83 bits per heavy atom. The number of hydrogen-bond acceptors (Lipinski definition) is 6. The smallest absolute Gasteiger partial charge is 0.295 e. The van der Waals surface area contributed by atoms with Crippen molar-refractivity contribution in [1.82, 2.24) is 9.88 Å². The van der Waals surface area contributed by atoms with Crippen molar-refractivity contribution in [1.29, 1.82) is 0 Å². The summed E-state index contributed by atoms with van der Waals surface area (Å²) in [7, 11) is 0. The third kappa shape index (κ3) is 3.24. The molecule has 1 aliphatic rings. The van der Waals surface area contributed by atoms with Crippen LogP contribution in [-0.2, 0) is 4.74 Å². The third-order valence-corrected chi connectivity index (χ3v) is 5.07. The molecule has 0 saturated carbocycles. The lowest BCUT2D eigenvalue weighted by Crippen LogP contribution is -2.41. The topological polar surface area (TPSA) is 50.5 Å². The van der Waals surface area contributed by atoms with Gasteiger partial charge >= 0.3 is 0 Å². The van der Waals surface area contributed by atoms with E-state index < -0.39 is 0 Å². The van der Waals surface area contributed by atoms with E-state index in [-0.39, 0.29) is 0 Å². The van der Waals surface area contributed by atoms with E-state index >= 15 is 0 Å². The maximum Gasteiger partial charge on any atom is 0.295 e. The Hall–Kier alpha value is -1.89. The Morgan fingerprint density at radius 1 is 1.17 bits per heavy atom. The molecule has 1 fully saturated rings. The standard InChI is InChI=1S/C17H19N3O2S/c1-2-5-15-13(4-1)19-17(22-15)18-12-14(16-6-3-11-23-16)20-7-9-21-10-8-20/h1-6,11,14H,7-10,12H2,(H,18,19)/t14-/m1/s1. The summed E-state index contributed by atoms with van der Waals surface area (Å²) in [4.78, 5) is 8.31. The molecule has 1 N–H and O–H groups in total. The van der Waals surface area contributed by atoms with E-state index in [0.717, 1.165) is 43.9 Å². The van der Waals surface area contributed by atoms with Crippen LogP contribution in [0.5, 0.6) is 0 Å². The number of hydrogen-bond donors (Lipinski definition) is 1. The number of oxazole rings is 1. The van der Waals surface area contributed by atoms with E-state index in [1.807, 2.05) is 24.3 Å². The summed E-state index contributed by atoms with van der Waals surface area (Å²) in [6, 6.07) is 13.0. The van der Waals surface area contributed by atoms with E-state index in [4.69, 9.17) is 9.15 Å². The zero-order valence-electron chi connectivity index (χ0n) is 12.8. The molecule has 2 aromatic heterocycles. The molecule has 1 aliphatic heterocycles. The van der Waals surface area contributed by atoms with Crippen LogP contribution >= 0.6 is 11.3 Å². The summed E-state index contributed by atoms with van der Waals surface area (Å²) in [6.07, 6.45) is 0. The van der Waals surface area contributed by atoms with E-state index in [1.165, 1.54) is 4.88 Å². The molecule has 0 amide bonds. The molecule has 6 heteroatoms. The predicted molar refractivity (Wildman–Crippen MR) is 92.0 cm³/mol. The number of benzene rings is 1. The number of nitrogens with one attached hydrogen (secondary N) is 1. The molecule has 1 aromatic carbocycles. The number of anilines is 1. The van der Waals surface area contributed by atoms with Crippen molar-refractivity contribution in [2.24, 2.45) is 0 Å². The SMILES string of the molecule is c1csc([C@@H](CNc2nc3ccccc3o2)N2CCOCC2)c1. The number of aromatic nitrogens is 1. The summed E-state index contributed by atoms with van der Waals surface area (Å²) < 4.78 is 11.2. The lowest BCUT2D eigenvalue weighted by Gasteiger charge is -2.33. The van der Waals surface area contributed by atoms with Crippen LogP contribution in [0.4, 0.5) is 6.01 Å². The fourth-order valence-corrected chi connectivity index (χ4v) is 3.77. The van der Waals surface area contributed by atoms with Crippen molar-refractivity contribution in [3.63, 3.8) is 0 Å². The zero-order chi connectivity index (χ0) is 15.5. The molecule has 4 rings (SSSR count). The molecular formula is C17H19N3O2S. The highest BCUT2D eigenvalue weighted by atomic mass is 32.1. The van der Waals surface area contributed by atoms with Crippen LogP contribution in [0.2, 0.25) is 0 Å². The van der Waals surface area contributed by atoms with E-state index in [0.29, 0.717) is 12.1 Å². The monoisotopic (exact) mass is 329 g/mol. The van der Waals surface area contributed by atoms with Gasteiger partial charge in [0.15, 0.2) is 5.58 Å². The van der Waals surface area contributed by atoms with Crippen molar-refractivity contribution in [2.75, 3.05) is 38.2 Å². The summed E-state index contributed by atoms with van der Waals surface area (Å²) in [5, 5.41) is 5.49. The van der Waals surface area contributed by atoms with Crippen molar-refractivity contribution in [2.45, 2.75) is 6.04 Å². The van der Waals surface area contributed by atoms with Crippen LogP contribution in [-0.4, -0.2) is 42.7 Å². The summed E-state index contributed by atoms with van der Waals surface area (Å²) in [6.45, 7) is 4.28. The molecule has 0 aliphatic carbocycles. The Morgan fingerprint density at radius 2 is 2.04 bits per heavy atom. The normalized spacial score (nSPS) is 17.4. The number of para-hydroxylation sites is 2. The highest BCUT2D eigenvalue weighted by Crippen LogP contribution is 2.27. The fraction of sp³-hybridized carbons (Fsp3) is 0.353. The Balaban J connectivity index is 1.50. The van der Waals surface area contributed by atoms with Crippen LogP contribution < -0.4 is 5.32 Å². The van der Waals surface area contributed by atoms with Gasteiger partial charge in [0.05, 0.1) is 19.3 Å². The van der Waals surface area contributed by atoms with Crippen molar-refractivity contribution in [3.8, 4) is 0 Å². The van der Waals surface area contributed by atoms with Crippen molar-refractivity contribution < 1.29 is 9.15 Å². The van der Waals surface area contributed by atoms with Gasteiger partial charge < -0.3 is 14.5 Å². The number of fused-ring (bicyclic) bond motifs is 1.